The molecular weight excluding hydrogens is 375 g/mol. The average molecular weight is 405 g/mol. The number of halogens is 2. The molecule has 0 aliphatic carbocycles. The summed E-state index contributed by atoms with van der Waals surface area (Å²) < 4.78 is 13.7. The van der Waals surface area contributed by atoms with Gasteiger partial charge in [0.2, 0.25) is 0 Å². The normalized spacial score (nSPS) is 25.5. The van der Waals surface area contributed by atoms with Crippen LogP contribution < -0.4 is 0 Å². The van der Waals surface area contributed by atoms with Crippen LogP contribution in [0.2, 0.25) is 0 Å². The van der Waals surface area contributed by atoms with E-state index in [4.69, 9.17) is 0 Å². The van der Waals surface area contributed by atoms with Crippen LogP contribution >= 0.6 is 12.4 Å². The predicted octanol–water partition coefficient (Wildman–Crippen LogP) is 4.07. The fourth-order valence-corrected chi connectivity index (χ4v) is 4.75. The molecule has 2 aliphatic heterocycles. The van der Waals surface area contributed by atoms with Crippen LogP contribution in [0.1, 0.15) is 43.8 Å². The first-order valence-corrected chi connectivity index (χ1v) is 9.81. The van der Waals surface area contributed by atoms with E-state index in [0.29, 0.717) is 17.9 Å². The summed E-state index contributed by atoms with van der Waals surface area (Å²) >= 11 is 0. The average Bonchev–Trinajstić information content (AvgIpc) is 3.10. The van der Waals surface area contributed by atoms with Crippen LogP contribution in [-0.4, -0.2) is 46.4 Å². The Hall–Kier alpha value is -1.56. The Kier molecular flexibility index (Phi) is 6.08. The number of rotatable bonds is 3. The van der Waals surface area contributed by atoms with Crippen LogP contribution in [0.4, 0.5) is 4.39 Å². The van der Waals surface area contributed by atoms with Crippen molar-refractivity contribution in [3.8, 4) is 0 Å². The molecule has 0 N–H and O–H groups in total. The van der Waals surface area contributed by atoms with Gasteiger partial charge in [-0.05, 0) is 36.6 Å². The van der Waals surface area contributed by atoms with Crippen LogP contribution in [-0.2, 0) is 12.0 Å². The Balaban J connectivity index is 0.00000225. The van der Waals surface area contributed by atoms with Crippen molar-refractivity contribution in [2.24, 2.45) is 11.8 Å². The van der Waals surface area contributed by atoms with Gasteiger partial charge >= 0.3 is 0 Å². The minimum atomic E-state index is -0.143. The number of hydrogen-bond donors (Lipinski definition) is 0. The van der Waals surface area contributed by atoms with Crippen molar-refractivity contribution in [1.29, 1.82) is 0 Å². The summed E-state index contributed by atoms with van der Waals surface area (Å²) in [4.78, 5) is 14.0. The molecule has 0 radical (unpaired) electrons. The van der Waals surface area contributed by atoms with Crippen molar-refractivity contribution in [2.45, 2.75) is 38.8 Å². The van der Waals surface area contributed by atoms with E-state index in [2.05, 4.69) is 53.7 Å². The van der Waals surface area contributed by atoms with Crippen molar-refractivity contribution >= 4 is 12.4 Å². The maximum absolute atomic E-state index is 13.7. The second-order valence-corrected chi connectivity index (χ2v) is 9.22. The van der Waals surface area contributed by atoms with Crippen LogP contribution in [0.5, 0.6) is 0 Å². The molecule has 1 aromatic carbocycles. The highest BCUT2D eigenvalue weighted by Gasteiger charge is 2.46. The maximum atomic E-state index is 13.7. The molecule has 152 valence electrons. The first kappa shape index (κ1) is 21.2. The lowest BCUT2D eigenvalue weighted by molar-refractivity contribution is 0.224. The lowest BCUT2D eigenvalue weighted by atomic mass is 9.89. The van der Waals surface area contributed by atoms with E-state index in [0.717, 1.165) is 37.6 Å². The van der Waals surface area contributed by atoms with E-state index in [-0.39, 0.29) is 23.6 Å². The second-order valence-electron chi connectivity index (χ2n) is 9.22. The Morgan fingerprint density at radius 3 is 2.46 bits per heavy atom. The summed E-state index contributed by atoms with van der Waals surface area (Å²) in [6.07, 6.45) is 3.94. The molecule has 4 rings (SSSR count). The monoisotopic (exact) mass is 404 g/mol. The number of hydrogen-bond acceptors (Lipinski definition) is 4. The number of likely N-dealkylation sites (tertiary alicyclic amines) is 2. The number of fused-ring (bicyclic) bond motifs is 1. The van der Waals surface area contributed by atoms with Gasteiger partial charge in [-0.15, -0.1) is 12.4 Å². The zero-order chi connectivity index (χ0) is 19.2. The van der Waals surface area contributed by atoms with Crippen molar-refractivity contribution < 1.29 is 4.39 Å². The Bertz CT molecular complexity index is 805. The molecule has 4 nitrogen and oxygen atoms in total. The van der Waals surface area contributed by atoms with Crippen molar-refractivity contribution in [1.82, 2.24) is 19.8 Å². The topological polar surface area (TPSA) is 32.3 Å². The highest BCUT2D eigenvalue weighted by Crippen LogP contribution is 2.44. The molecule has 2 saturated heterocycles. The summed E-state index contributed by atoms with van der Waals surface area (Å²) in [7, 11) is 2.16. The third-order valence-corrected chi connectivity index (χ3v) is 5.94. The third-order valence-electron chi connectivity index (χ3n) is 5.94. The Labute approximate surface area is 173 Å². The van der Waals surface area contributed by atoms with E-state index in [1.54, 1.807) is 6.07 Å². The standard InChI is InChI=1S/C22H29FN4.ClH/c1-22(2,3)21-24-9-15(10-25-21)11-27-13-17-12-26(4)20(19(17)14-27)16-6-5-7-18(23)8-16;/h5-10,17,19-20H,11-14H2,1-4H3;1H/t17-,19+,20-;/m0./s1. The summed E-state index contributed by atoms with van der Waals surface area (Å²) in [6, 6.07) is 7.42. The van der Waals surface area contributed by atoms with E-state index in [1.807, 2.05) is 18.5 Å². The maximum Gasteiger partial charge on any atom is 0.133 e. The largest absolute Gasteiger partial charge is 0.299 e. The highest BCUT2D eigenvalue weighted by molar-refractivity contribution is 5.85. The fraction of sp³-hybridized carbons (Fsp3) is 0.545. The molecule has 1 aromatic heterocycles. The second kappa shape index (κ2) is 8.05. The molecule has 0 unspecified atom stereocenters. The fourth-order valence-electron chi connectivity index (χ4n) is 4.75. The molecule has 6 heteroatoms. The molecule has 3 atom stereocenters. The van der Waals surface area contributed by atoms with E-state index < -0.39 is 0 Å². The van der Waals surface area contributed by atoms with E-state index in [1.165, 1.54) is 11.6 Å². The molecule has 0 saturated carbocycles. The lowest BCUT2D eigenvalue weighted by Gasteiger charge is -2.27. The molecule has 3 heterocycles. The van der Waals surface area contributed by atoms with Crippen LogP contribution in [0.15, 0.2) is 36.7 Å². The van der Waals surface area contributed by atoms with Gasteiger partial charge in [0.1, 0.15) is 11.6 Å². The van der Waals surface area contributed by atoms with Gasteiger partial charge in [-0.25, -0.2) is 14.4 Å². The summed E-state index contributed by atoms with van der Waals surface area (Å²) in [5, 5.41) is 0. The number of benzene rings is 1. The zero-order valence-electron chi connectivity index (χ0n) is 17.1. The molecule has 0 spiro atoms. The Morgan fingerprint density at radius 1 is 1.11 bits per heavy atom. The van der Waals surface area contributed by atoms with Gasteiger partial charge in [0.25, 0.3) is 0 Å². The predicted molar refractivity (Wildman–Crippen MR) is 112 cm³/mol. The number of nitrogens with zero attached hydrogens (tertiary/aromatic N) is 4. The minimum Gasteiger partial charge on any atom is -0.299 e. The van der Waals surface area contributed by atoms with Crippen molar-refractivity contribution in [3.63, 3.8) is 0 Å². The first-order valence-electron chi connectivity index (χ1n) is 9.81. The van der Waals surface area contributed by atoms with Crippen LogP contribution in [0, 0.1) is 17.7 Å². The summed E-state index contributed by atoms with van der Waals surface area (Å²) in [5.41, 5.74) is 2.25. The quantitative estimate of drug-likeness (QED) is 0.771. The van der Waals surface area contributed by atoms with Crippen molar-refractivity contribution in [2.75, 3.05) is 26.7 Å². The molecule has 0 amide bonds. The summed E-state index contributed by atoms with van der Waals surface area (Å²) in [6.45, 7) is 10.5. The first-order chi connectivity index (χ1) is 12.8. The zero-order valence-corrected chi connectivity index (χ0v) is 17.9. The SMILES string of the molecule is CN1C[C@H]2CN(Cc3cnc(C(C)(C)C)nc3)C[C@H]2[C@@H]1c1cccc(F)c1.Cl. The van der Waals surface area contributed by atoms with Gasteiger partial charge in [-0.2, -0.15) is 0 Å². The smallest absolute Gasteiger partial charge is 0.133 e. The molecule has 2 aliphatic rings. The molecular formula is C22H30ClFN4. The molecule has 0 bridgehead atoms. The minimum absolute atomic E-state index is 0. The highest BCUT2D eigenvalue weighted by atomic mass is 35.5. The van der Waals surface area contributed by atoms with Crippen LogP contribution in [0.25, 0.3) is 0 Å². The van der Waals surface area contributed by atoms with Gasteiger partial charge in [0.05, 0.1) is 0 Å². The lowest BCUT2D eigenvalue weighted by Crippen LogP contribution is -2.29. The van der Waals surface area contributed by atoms with E-state index >= 15 is 0 Å². The summed E-state index contributed by atoms with van der Waals surface area (Å²) in [5.74, 6) is 1.93. The van der Waals surface area contributed by atoms with Gasteiger partial charge in [-0.3, -0.25) is 9.80 Å². The van der Waals surface area contributed by atoms with Crippen LogP contribution in [0.3, 0.4) is 0 Å². The van der Waals surface area contributed by atoms with Gasteiger partial charge < -0.3 is 0 Å². The molecule has 2 fully saturated rings. The van der Waals surface area contributed by atoms with E-state index in [9.17, 15) is 4.39 Å². The number of aromatic nitrogens is 2. The third kappa shape index (κ3) is 4.22. The van der Waals surface area contributed by atoms with Gasteiger partial charge in [-0.1, -0.05) is 32.9 Å². The van der Waals surface area contributed by atoms with Gasteiger partial charge in [0.15, 0.2) is 0 Å². The van der Waals surface area contributed by atoms with Crippen molar-refractivity contribution in [3.05, 3.63) is 59.4 Å². The molecule has 28 heavy (non-hydrogen) atoms. The van der Waals surface area contributed by atoms with Gasteiger partial charge in [0, 0.05) is 55.6 Å². The Morgan fingerprint density at radius 2 is 1.82 bits per heavy atom. The molecule has 2 aromatic rings.